The minimum Gasteiger partial charge on any atom is -0.282 e. The second-order valence-electron chi connectivity index (χ2n) is 2.41. The maximum Gasteiger partial charge on any atom is 0.294 e. The van der Waals surface area contributed by atoms with E-state index in [1.165, 1.54) is 6.07 Å². The molecule has 0 radical (unpaired) electrons. The topological polar surface area (TPSA) is 102 Å². The van der Waals surface area contributed by atoms with Gasteiger partial charge in [-0.1, -0.05) is 0 Å². The van der Waals surface area contributed by atoms with Crippen molar-refractivity contribution in [2.24, 2.45) is 0 Å². The van der Waals surface area contributed by atoms with E-state index in [2.05, 4.69) is 0 Å². The van der Waals surface area contributed by atoms with Crippen LogP contribution in [0.3, 0.4) is 0 Å². The van der Waals surface area contributed by atoms with Crippen LogP contribution >= 0.6 is 0 Å². The molecule has 0 spiro atoms. The minimum atomic E-state index is -4.32. The van der Waals surface area contributed by atoms with E-state index in [0.717, 1.165) is 12.1 Å². The first-order valence-corrected chi connectivity index (χ1v) is 4.85. The first-order chi connectivity index (χ1) is 6.49. The predicted octanol–water partition coefficient (Wildman–Crippen LogP) is 0.677. The molecular formula is C8H4N2O3S. The maximum atomic E-state index is 10.7. The Morgan fingerprint density at radius 1 is 1.14 bits per heavy atom. The van der Waals surface area contributed by atoms with Crippen molar-refractivity contribution in [3.63, 3.8) is 0 Å². The maximum absolute atomic E-state index is 10.7. The summed E-state index contributed by atoms with van der Waals surface area (Å²) in [6.45, 7) is 0. The molecule has 6 heteroatoms. The summed E-state index contributed by atoms with van der Waals surface area (Å²) in [5, 5.41) is 17.1. The lowest BCUT2D eigenvalue weighted by atomic mass is 10.1. The number of nitrogens with zero attached hydrogens (tertiary/aromatic N) is 2. The Labute approximate surface area is 80.6 Å². The van der Waals surface area contributed by atoms with Gasteiger partial charge in [0.15, 0.2) is 0 Å². The third kappa shape index (κ3) is 1.88. The van der Waals surface area contributed by atoms with Gasteiger partial charge in [-0.2, -0.15) is 18.9 Å². The lowest BCUT2D eigenvalue weighted by molar-refractivity contribution is 0.483. The highest BCUT2D eigenvalue weighted by Crippen LogP contribution is 2.14. The third-order valence-corrected chi connectivity index (χ3v) is 2.38. The van der Waals surface area contributed by atoms with Crippen LogP contribution in [-0.2, 0) is 10.1 Å². The van der Waals surface area contributed by atoms with Crippen molar-refractivity contribution >= 4 is 10.1 Å². The molecule has 0 heterocycles. The molecule has 70 valence electrons. The van der Waals surface area contributed by atoms with Crippen molar-refractivity contribution in [2.75, 3.05) is 0 Å². The first-order valence-electron chi connectivity index (χ1n) is 3.41. The van der Waals surface area contributed by atoms with Gasteiger partial charge in [0.1, 0.15) is 12.1 Å². The molecule has 14 heavy (non-hydrogen) atoms. The van der Waals surface area contributed by atoms with Crippen LogP contribution in [0.4, 0.5) is 0 Å². The second-order valence-corrected chi connectivity index (χ2v) is 3.83. The molecule has 1 aromatic rings. The van der Waals surface area contributed by atoms with Crippen molar-refractivity contribution in [2.45, 2.75) is 4.90 Å². The lowest BCUT2D eigenvalue weighted by Crippen LogP contribution is -1.99. The summed E-state index contributed by atoms with van der Waals surface area (Å²) in [5.74, 6) is 0. The number of hydrogen-bond donors (Lipinski definition) is 1. The molecular weight excluding hydrogens is 204 g/mol. The molecule has 0 aliphatic carbocycles. The van der Waals surface area contributed by atoms with E-state index >= 15 is 0 Å². The van der Waals surface area contributed by atoms with Crippen LogP contribution < -0.4 is 0 Å². The zero-order chi connectivity index (χ0) is 10.8. The van der Waals surface area contributed by atoms with E-state index in [9.17, 15) is 8.42 Å². The fraction of sp³-hybridized carbons (Fsp3) is 0. The molecule has 0 bridgehead atoms. The average molecular weight is 208 g/mol. The highest BCUT2D eigenvalue weighted by Gasteiger charge is 2.12. The Morgan fingerprint density at radius 3 is 2.14 bits per heavy atom. The minimum absolute atomic E-state index is 0.0694. The molecule has 0 aliphatic heterocycles. The third-order valence-electron chi connectivity index (χ3n) is 1.53. The fourth-order valence-electron chi connectivity index (χ4n) is 0.874. The van der Waals surface area contributed by atoms with Crippen molar-refractivity contribution in [3.05, 3.63) is 29.3 Å². The van der Waals surface area contributed by atoms with Crippen LogP contribution in [-0.4, -0.2) is 13.0 Å². The normalized spacial score (nSPS) is 10.2. The number of rotatable bonds is 1. The zero-order valence-corrected chi connectivity index (χ0v) is 7.61. The summed E-state index contributed by atoms with van der Waals surface area (Å²) in [6, 6.07) is 6.57. The monoisotopic (exact) mass is 208 g/mol. The van der Waals surface area contributed by atoms with Gasteiger partial charge < -0.3 is 0 Å². The Morgan fingerprint density at radius 2 is 1.71 bits per heavy atom. The Balaban J connectivity index is 3.47. The molecule has 0 aliphatic rings. The van der Waals surface area contributed by atoms with E-state index in [-0.39, 0.29) is 11.1 Å². The average Bonchev–Trinajstić information content (AvgIpc) is 2.15. The van der Waals surface area contributed by atoms with Gasteiger partial charge in [-0.05, 0) is 18.2 Å². The van der Waals surface area contributed by atoms with Gasteiger partial charge in [-0.15, -0.1) is 0 Å². The van der Waals surface area contributed by atoms with Crippen molar-refractivity contribution < 1.29 is 13.0 Å². The molecule has 0 atom stereocenters. The smallest absolute Gasteiger partial charge is 0.282 e. The van der Waals surface area contributed by atoms with Crippen LogP contribution in [0, 0.1) is 22.7 Å². The summed E-state index contributed by atoms with van der Waals surface area (Å²) in [6.07, 6.45) is 0. The summed E-state index contributed by atoms with van der Waals surface area (Å²) in [5.41, 5.74) is -0.0116. The van der Waals surface area contributed by atoms with Crippen LogP contribution in [0.15, 0.2) is 23.1 Å². The van der Waals surface area contributed by atoms with Crippen LogP contribution in [0.1, 0.15) is 11.1 Å². The van der Waals surface area contributed by atoms with Gasteiger partial charge in [-0.3, -0.25) is 4.55 Å². The van der Waals surface area contributed by atoms with Crippen LogP contribution in [0.2, 0.25) is 0 Å². The van der Waals surface area contributed by atoms with Crippen molar-refractivity contribution in [3.8, 4) is 12.1 Å². The van der Waals surface area contributed by atoms with E-state index in [1.54, 1.807) is 12.1 Å². The molecule has 1 aromatic carbocycles. The molecule has 0 amide bonds. The van der Waals surface area contributed by atoms with Crippen molar-refractivity contribution in [1.82, 2.24) is 0 Å². The Kier molecular flexibility index (Phi) is 2.52. The lowest BCUT2D eigenvalue weighted by Gasteiger charge is -1.98. The van der Waals surface area contributed by atoms with Gasteiger partial charge in [0.05, 0.1) is 16.0 Å². The molecule has 5 nitrogen and oxygen atoms in total. The van der Waals surface area contributed by atoms with Crippen LogP contribution in [0.25, 0.3) is 0 Å². The molecule has 0 aromatic heterocycles. The van der Waals surface area contributed by atoms with Crippen LogP contribution in [0.5, 0.6) is 0 Å². The SMILES string of the molecule is N#Cc1ccc(S(=O)(=O)O)cc1C#N. The van der Waals surface area contributed by atoms with E-state index in [1.807, 2.05) is 0 Å². The van der Waals surface area contributed by atoms with Crippen molar-refractivity contribution in [1.29, 1.82) is 10.5 Å². The molecule has 0 unspecified atom stereocenters. The van der Waals surface area contributed by atoms with Gasteiger partial charge in [0.2, 0.25) is 0 Å². The molecule has 1 rings (SSSR count). The van der Waals surface area contributed by atoms with Gasteiger partial charge in [0.25, 0.3) is 10.1 Å². The number of hydrogen-bond acceptors (Lipinski definition) is 4. The predicted molar refractivity (Wildman–Crippen MR) is 45.7 cm³/mol. The largest absolute Gasteiger partial charge is 0.294 e. The molecule has 0 saturated heterocycles. The second kappa shape index (κ2) is 3.46. The summed E-state index contributed by atoms with van der Waals surface area (Å²) in [4.78, 5) is -0.395. The quantitative estimate of drug-likeness (QED) is 0.683. The standard InChI is InChI=1S/C8H4N2O3S/c9-4-6-1-2-8(14(11,12)13)3-7(6)5-10/h1-3H,(H,11,12,13). The summed E-state index contributed by atoms with van der Waals surface area (Å²) in [7, 11) is -4.32. The Hall–Kier alpha value is -1.89. The van der Waals surface area contributed by atoms with Gasteiger partial charge >= 0.3 is 0 Å². The van der Waals surface area contributed by atoms with Gasteiger partial charge in [-0.25, -0.2) is 0 Å². The van der Waals surface area contributed by atoms with E-state index in [0.29, 0.717) is 0 Å². The van der Waals surface area contributed by atoms with Gasteiger partial charge in [0, 0.05) is 0 Å². The van der Waals surface area contributed by atoms with E-state index in [4.69, 9.17) is 15.1 Å². The molecule has 0 fully saturated rings. The fourth-order valence-corrected chi connectivity index (χ4v) is 1.38. The highest BCUT2D eigenvalue weighted by molar-refractivity contribution is 7.85. The number of benzene rings is 1. The first kappa shape index (κ1) is 10.2. The van der Waals surface area contributed by atoms with E-state index < -0.39 is 15.0 Å². The summed E-state index contributed by atoms with van der Waals surface area (Å²) < 4.78 is 30.0. The Bertz CT molecular complexity index is 549. The molecule has 1 N–H and O–H groups in total. The highest BCUT2D eigenvalue weighted by atomic mass is 32.2. The molecule has 0 saturated carbocycles. The zero-order valence-electron chi connectivity index (χ0n) is 6.80. The number of nitriles is 2. The summed E-state index contributed by atoms with van der Waals surface area (Å²) >= 11 is 0.